The van der Waals surface area contributed by atoms with Crippen LogP contribution in [0.4, 0.5) is 17.6 Å². The van der Waals surface area contributed by atoms with Crippen LogP contribution in [-0.4, -0.2) is 33.6 Å². The van der Waals surface area contributed by atoms with Crippen molar-refractivity contribution in [2.24, 2.45) is 5.10 Å². The normalized spacial score (nSPS) is 12.3. The molecule has 0 spiro atoms. The lowest BCUT2D eigenvalue weighted by molar-refractivity contribution is -0.253. The summed E-state index contributed by atoms with van der Waals surface area (Å²) in [6.45, 7) is 1.86. The molecule has 0 radical (unpaired) electrons. The van der Waals surface area contributed by atoms with E-state index in [9.17, 15) is 17.6 Å². The van der Waals surface area contributed by atoms with Gasteiger partial charge >= 0.3 is 12.5 Å². The van der Waals surface area contributed by atoms with Crippen molar-refractivity contribution in [3.8, 4) is 5.75 Å². The van der Waals surface area contributed by atoms with Gasteiger partial charge < -0.3 is 4.74 Å². The van der Waals surface area contributed by atoms with Crippen molar-refractivity contribution < 1.29 is 22.3 Å². The quantitative estimate of drug-likeness (QED) is 0.493. The van der Waals surface area contributed by atoms with Crippen molar-refractivity contribution in [3.63, 3.8) is 0 Å². The number of aryl methyl sites for hydroxylation is 1. The van der Waals surface area contributed by atoms with E-state index in [1.165, 1.54) is 17.0 Å². The Labute approximate surface area is 133 Å². The molecule has 0 unspecified atom stereocenters. The van der Waals surface area contributed by atoms with Crippen molar-refractivity contribution in [1.29, 1.82) is 0 Å². The zero-order chi connectivity index (χ0) is 17.0. The predicted molar refractivity (Wildman–Crippen MR) is 77.8 cm³/mol. The number of nitrogens with zero attached hydrogens (tertiary/aromatic N) is 3. The molecule has 2 aromatic rings. The summed E-state index contributed by atoms with van der Waals surface area (Å²) in [5, 5.41) is 10.6. The van der Waals surface area contributed by atoms with Crippen molar-refractivity contribution in [2.75, 3.05) is 0 Å². The highest BCUT2D eigenvalue weighted by molar-refractivity contribution is 7.71. The number of H-pyrrole nitrogens is 1. The Morgan fingerprint density at radius 3 is 2.87 bits per heavy atom. The van der Waals surface area contributed by atoms with Crippen LogP contribution in [0.3, 0.4) is 0 Å². The van der Waals surface area contributed by atoms with Crippen LogP contribution in [0.15, 0.2) is 29.4 Å². The van der Waals surface area contributed by atoms with E-state index in [0.717, 1.165) is 12.1 Å². The SMILES string of the molecule is CCc1n[nH]c(=S)n1/N=C/c1cccc(OC(F)(F)C(F)F)c1. The summed E-state index contributed by atoms with van der Waals surface area (Å²) in [5.41, 5.74) is 0.373. The maximum atomic E-state index is 12.9. The van der Waals surface area contributed by atoms with Gasteiger partial charge in [-0.05, 0) is 29.9 Å². The lowest BCUT2D eigenvalue weighted by atomic mass is 10.2. The topological polar surface area (TPSA) is 55.2 Å². The van der Waals surface area contributed by atoms with Crippen LogP contribution < -0.4 is 4.74 Å². The smallest absolute Gasteiger partial charge is 0.428 e. The summed E-state index contributed by atoms with van der Waals surface area (Å²) >= 11 is 5.00. The molecule has 1 aromatic carbocycles. The van der Waals surface area contributed by atoms with Crippen LogP contribution in [0.25, 0.3) is 0 Å². The van der Waals surface area contributed by atoms with Crippen molar-refractivity contribution >= 4 is 18.4 Å². The second-order valence-corrected chi connectivity index (χ2v) is 4.78. The average Bonchev–Trinajstić information content (AvgIpc) is 2.85. The Morgan fingerprint density at radius 1 is 1.48 bits per heavy atom. The molecule has 0 atom stereocenters. The number of aromatic amines is 1. The Kier molecular flexibility index (Phi) is 5.14. The van der Waals surface area contributed by atoms with Gasteiger partial charge in [-0.15, -0.1) is 0 Å². The van der Waals surface area contributed by atoms with E-state index in [1.54, 1.807) is 6.07 Å². The third-order valence-electron chi connectivity index (χ3n) is 2.72. The molecule has 5 nitrogen and oxygen atoms in total. The molecule has 2 rings (SSSR count). The summed E-state index contributed by atoms with van der Waals surface area (Å²) in [6.07, 6.45) is -6.57. The van der Waals surface area contributed by atoms with Gasteiger partial charge in [0.15, 0.2) is 5.82 Å². The molecule has 0 amide bonds. The molecule has 0 saturated carbocycles. The van der Waals surface area contributed by atoms with Crippen LogP contribution in [-0.2, 0) is 6.42 Å². The van der Waals surface area contributed by atoms with Gasteiger partial charge in [-0.2, -0.15) is 32.4 Å². The number of benzene rings is 1. The minimum Gasteiger partial charge on any atom is -0.428 e. The molecule has 0 aliphatic carbocycles. The lowest BCUT2D eigenvalue weighted by Crippen LogP contribution is -2.33. The molecule has 1 N–H and O–H groups in total. The number of halogens is 4. The van der Waals surface area contributed by atoms with Gasteiger partial charge in [-0.3, -0.25) is 5.10 Å². The van der Waals surface area contributed by atoms with Gasteiger partial charge in [0.25, 0.3) is 0 Å². The molecule has 1 aromatic heterocycles. The molecule has 0 saturated heterocycles. The number of hydrogen-bond acceptors (Lipinski definition) is 4. The fraction of sp³-hybridized carbons (Fsp3) is 0.308. The fourth-order valence-electron chi connectivity index (χ4n) is 1.66. The van der Waals surface area contributed by atoms with Crippen LogP contribution in [0.2, 0.25) is 0 Å². The number of nitrogens with one attached hydrogen (secondary N) is 1. The first-order chi connectivity index (χ1) is 10.8. The van der Waals surface area contributed by atoms with E-state index in [4.69, 9.17) is 12.2 Å². The van der Waals surface area contributed by atoms with Gasteiger partial charge in [-0.25, -0.2) is 0 Å². The van der Waals surface area contributed by atoms with Crippen molar-refractivity contribution in [2.45, 2.75) is 25.9 Å². The standard InChI is InChI=1S/C13H12F4N4OS/c1-2-10-19-20-12(23)21(10)18-7-8-4-3-5-9(6-8)22-13(16,17)11(14)15/h3-7,11H,2H2,1H3,(H,20,23)/b18-7+. The third kappa shape index (κ3) is 4.15. The van der Waals surface area contributed by atoms with Crippen LogP contribution in [0.5, 0.6) is 5.75 Å². The van der Waals surface area contributed by atoms with E-state index in [1.807, 2.05) is 6.92 Å². The number of alkyl halides is 4. The maximum Gasteiger partial charge on any atom is 0.461 e. The molecule has 1 heterocycles. The summed E-state index contributed by atoms with van der Waals surface area (Å²) in [7, 11) is 0. The van der Waals surface area contributed by atoms with Gasteiger partial charge in [0.05, 0.1) is 6.21 Å². The molecular formula is C13H12F4N4OS. The zero-order valence-electron chi connectivity index (χ0n) is 11.8. The van der Waals surface area contributed by atoms with E-state index < -0.39 is 18.3 Å². The Morgan fingerprint density at radius 2 is 2.22 bits per heavy atom. The summed E-state index contributed by atoms with van der Waals surface area (Å²) < 4.78 is 55.7. The van der Waals surface area contributed by atoms with Gasteiger partial charge in [0.1, 0.15) is 5.75 Å². The van der Waals surface area contributed by atoms with E-state index in [2.05, 4.69) is 20.0 Å². The minimum absolute atomic E-state index is 0.273. The summed E-state index contributed by atoms with van der Waals surface area (Å²) in [4.78, 5) is 0. The molecule has 0 aliphatic rings. The first-order valence-electron chi connectivity index (χ1n) is 6.49. The fourth-order valence-corrected chi connectivity index (χ4v) is 1.85. The minimum atomic E-state index is -4.56. The largest absolute Gasteiger partial charge is 0.461 e. The second kappa shape index (κ2) is 6.90. The molecule has 124 valence electrons. The molecule has 0 aliphatic heterocycles. The first-order valence-corrected chi connectivity index (χ1v) is 6.90. The number of aromatic nitrogens is 3. The van der Waals surface area contributed by atoms with Gasteiger partial charge in [0.2, 0.25) is 4.77 Å². The average molecular weight is 348 g/mol. The number of ether oxygens (including phenoxy) is 1. The Hall–Kier alpha value is -2.23. The van der Waals surface area contributed by atoms with E-state index >= 15 is 0 Å². The zero-order valence-corrected chi connectivity index (χ0v) is 12.7. The first kappa shape index (κ1) is 17.1. The van der Waals surface area contributed by atoms with Crippen molar-refractivity contribution in [1.82, 2.24) is 14.9 Å². The summed E-state index contributed by atoms with van der Waals surface area (Å²) in [6, 6.07) is 5.24. The van der Waals surface area contributed by atoms with Gasteiger partial charge in [0, 0.05) is 6.42 Å². The number of rotatable bonds is 6. The highest BCUT2D eigenvalue weighted by Gasteiger charge is 2.43. The third-order valence-corrected chi connectivity index (χ3v) is 2.99. The molecule has 0 bridgehead atoms. The molecule has 10 heteroatoms. The van der Waals surface area contributed by atoms with Crippen LogP contribution >= 0.6 is 12.2 Å². The van der Waals surface area contributed by atoms with Crippen LogP contribution in [0.1, 0.15) is 18.3 Å². The Bertz CT molecular complexity index is 756. The Balaban J connectivity index is 2.22. The predicted octanol–water partition coefficient (Wildman–Crippen LogP) is 3.62. The highest BCUT2D eigenvalue weighted by atomic mass is 32.1. The molecule has 0 fully saturated rings. The van der Waals surface area contributed by atoms with Crippen LogP contribution in [0, 0.1) is 4.77 Å². The van der Waals surface area contributed by atoms with Crippen molar-refractivity contribution in [3.05, 3.63) is 40.4 Å². The molecular weight excluding hydrogens is 336 g/mol. The highest BCUT2D eigenvalue weighted by Crippen LogP contribution is 2.27. The molecule has 23 heavy (non-hydrogen) atoms. The number of hydrogen-bond donors (Lipinski definition) is 1. The maximum absolute atomic E-state index is 12.9. The summed E-state index contributed by atoms with van der Waals surface area (Å²) in [5.74, 6) is 0.189. The lowest BCUT2D eigenvalue weighted by Gasteiger charge is -2.16. The second-order valence-electron chi connectivity index (χ2n) is 4.39. The van der Waals surface area contributed by atoms with E-state index in [0.29, 0.717) is 17.8 Å². The van der Waals surface area contributed by atoms with Gasteiger partial charge in [-0.1, -0.05) is 19.1 Å². The van der Waals surface area contributed by atoms with E-state index in [-0.39, 0.29) is 4.77 Å². The monoisotopic (exact) mass is 348 g/mol.